The number of nitrogens with two attached hydrogens (primary N) is 1. The number of rotatable bonds is 3. The quantitative estimate of drug-likeness (QED) is 0.935. The number of aromatic nitrogens is 4. The van der Waals surface area contributed by atoms with Crippen molar-refractivity contribution in [3.8, 4) is 10.7 Å². The van der Waals surface area contributed by atoms with Gasteiger partial charge in [0.05, 0.1) is 10.6 Å². The van der Waals surface area contributed by atoms with Gasteiger partial charge in [-0.1, -0.05) is 12.8 Å². The summed E-state index contributed by atoms with van der Waals surface area (Å²) in [5.41, 5.74) is 6.66. The third kappa shape index (κ3) is 2.30. The Kier molecular flexibility index (Phi) is 3.36. The Balaban J connectivity index is 1.97. The molecule has 3 rings (SSSR count). The molecule has 2 aromatic heterocycles. The molecule has 2 N–H and O–H groups in total. The van der Waals surface area contributed by atoms with Crippen LogP contribution in [0.4, 0.5) is 0 Å². The van der Waals surface area contributed by atoms with Crippen molar-refractivity contribution < 1.29 is 0 Å². The summed E-state index contributed by atoms with van der Waals surface area (Å²) in [6.07, 6.45) is 5.04. The summed E-state index contributed by atoms with van der Waals surface area (Å²) in [5.74, 6) is 2.47. The third-order valence-electron chi connectivity index (χ3n) is 3.72. The smallest absolute Gasteiger partial charge is 0.170 e. The minimum Gasteiger partial charge on any atom is -0.325 e. The lowest BCUT2D eigenvalue weighted by Gasteiger charge is -2.00. The van der Waals surface area contributed by atoms with Gasteiger partial charge in [0.1, 0.15) is 5.01 Å². The second kappa shape index (κ2) is 5.02. The summed E-state index contributed by atoms with van der Waals surface area (Å²) in [7, 11) is 1.96. The van der Waals surface area contributed by atoms with Gasteiger partial charge in [0.25, 0.3) is 0 Å². The highest BCUT2D eigenvalue weighted by Crippen LogP contribution is 2.34. The molecule has 0 bridgehead atoms. The highest BCUT2D eigenvalue weighted by Gasteiger charge is 2.23. The van der Waals surface area contributed by atoms with E-state index in [1.54, 1.807) is 11.3 Å². The van der Waals surface area contributed by atoms with Crippen LogP contribution in [0, 0.1) is 6.92 Å². The molecule has 1 aliphatic rings. The first kappa shape index (κ1) is 12.7. The van der Waals surface area contributed by atoms with Crippen molar-refractivity contribution in [3.63, 3.8) is 0 Å². The van der Waals surface area contributed by atoms with Crippen LogP contribution in [-0.4, -0.2) is 19.7 Å². The van der Waals surface area contributed by atoms with Gasteiger partial charge in [-0.2, -0.15) is 5.10 Å². The zero-order valence-corrected chi connectivity index (χ0v) is 12.2. The first-order chi connectivity index (χ1) is 9.19. The van der Waals surface area contributed by atoms with Gasteiger partial charge in [-0.3, -0.25) is 0 Å². The maximum Gasteiger partial charge on any atom is 0.170 e. The molecule has 0 amide bonds. The second-order valence-electron chi connectivity index (χ2n) is 5.12. The molecule has 0 atom stereocenters. The summed E-state index contributed by atoms with van der Waals surface area (Å²) >= 11 is 1.62. The van der Waals surface area contributed by atoms with Crippen LogP contribution < -0.4 is 5.73 Å². The van der Waals surface area contributed by atoms with Crippen molar-refractivity contribution in [2.45, 2.75) is 45.1 Å². The van der Waals surface area contributed by atoms with Crippen LogP contribution in [0.2, 0.25) is 0 Å². The van der Waals surface area contributed by atoms with Crippen molar-refractivity contribution in [2.75, 3.05) is 0 Å². The lowest BCUT2D eigenvalue weighted by molar-refractivity contribution is 0.648. The molecule has 2 heterocycles. The van der Waals surface area contributed by atoms with Gasteiger partial charge < -0.3 is 5.73 Å². The number of nitrogens with zero attached hydrogens (tertiary/aromatic N) is 4. The molecule has 1 aliphatic carbocycles. The fourth-order valence-electron chi connectivity index (χ4n) is 2.71. The van der Waals surface area contributed by atoms with Gasteiger partial charge in [-0.15, -0.1) is 11.3 Å². The van der Waals surface area contributed by atoms with E-state index in [-0.39, 0.29) is 0 Å². The average molecular weight is 277 g/mol. The van der Waals surface area contributed by atoms with Crippen molar-refractivity contribution >= 4 is 11.3 Å². The lowest BCUT2D eigenvalue weighted by Crippen LogP contribution is -1.97. The second-order valence-corrected chi connectivity index (χ2v) is 6.21. The molecule has 102 valence electrons. The number of thiazole rings is 1. The molecule has 1 saturated carbocycles. The molecule has 0 unspecified atom stereocenters. The summed E-state index contributed by atoms with van der Waals surface area (Å²) in [6, 6.07) is 0. The molecule has 0 aliphatic heterocycles. The molecular formula is C13H19N5S. The van der Waals surface area contributed by atoms with Gasteiger partial charge in [-0.25, -0.2) is 14.6 Å². The monoisotopic (exact) mass is 277 g/mol. The molecule has 6 heteroatoms. The van der Waals surface area contributed by atoms with Crippen LogP contribution in [0.15, 0.2) is 0 Å². The van der Waals surface area contributed by atoms with E-state index >= 15 is 0 Å². The summed E-state index contributed by atoms with van der Waals surface area (Å²) < 4.78 is 1.88. The van der Waals surface area contributed by atoms with Crippen LogP contribution in [0.1, 0.15) is 48.1 Å². The lowest BCUT2D eigenvalue weighted by atomic mass is 10.1. The minimum atomic E-state index is 0.485. The van der Waals surface area contributed by atoms with Crippen LogP contribution in [-0.2, 0) is 13.6 Å². The molecule has 0 aromatic carbocycles. The average Bonchev–Trinajstić information content (AvgIpc) is 3.08. The Bertz CT molecular complexity index is 580. The maximum absolute atomic E-state index is 5.66. The van der Waals surface area contributed by atoms with Crippen molar-refractivity contribution in [1.29, 1.82) is 0 Å². The maximum atomic E-state index is 5.66. The van der Waals surface area contributed by atoms with Crippen LogP contribution in [0.3, 0.4) is 0 Å². The van der Waals surface area contributed by atoms with E-state index < -0.39 is 0 Å². The SMILES string of the molecule is Cc1nc(CN)sc1-c1nc(C2CCCC2)nn1C. The standard InChI is InChI=1S/C13H19N5S/c1-8-11(19-10(7-14)15-8)13-16-12(17-18(13)2)9-5-3-4-6-9/h9H,3-7,14H2,1-2H3. The minimum absolute atomic E-state index is 0.485. The van der Waals surface area contributed by atoms with Gasteiger partial charge >= 0.3 is 0 Å². The fraction of sp³-hybridized carbons (Fsp3) is 0.615. The van der Waals surface area contributed by atoms with Crippen molar-refractivity contribution in [1.82, 2.24) is 19.7 Å². The van der Waals surface area contributed by atoms with E-state index in [0.29, 0.717) is 12.5 Å². The fourth-order valence-corrected chi connectivity index (χ4v) is 3.67. The molecule has 5 nitrogen and oxygen atoms in total. The number of hydrogen-bond donors (Lipinski definition) is 1. The third-order valence-corrected chi connectivity index (χ3v) is 4.89. The van der Waals surface area contributed by atoms with Gasteiger partial charge in [0.2, 0.25) is 0 Å². The zero-order chi connectivity index (χ0) is 13.4. The van der Waals surface area contributed by atoms with Crippen LogP contribution in [0.25, 0.3) is 10.7 Å². The number of aryl methyl sites for hydroxylation is 2. The van der Waals surface area contributed by atoms with Crippen LogP contribution in [0.5, 0.6) is 0 Å². The van der Waals surface area contributed by atoms with Gasteiger partial charge in [-0.05, 0) is 19.8 Å². The Morgan fingerprint density at radius 2 is 2.05 bits per heavy atom. The topological polar surface area (TPSA) is 69.6 Å². The molecule has 0 spiro atoms. The largest absolute Gasteiger partial charge is 0.325 e. The van der Waals surface area contributed by atoms with E-state index in [0.717, 1.165) is 27.2 Å². The Labute approximate surface area is 116 Å². The van der Waals surface area contributed by atoms with E-state index in [1.807, 2.05) is 18.7 Å². The number of hydrogen-bond acceptors (Lipinski definition) is 5. The Morgan fingerprint density at radius 3 is 2.68 bits per heavy atom. The Morgan fingerprint density at radius 1 is 1.32 bits per heavy atom. The Hall–Kier alpha value is -1.27. The van der Waals surface area contributed by atoms with E-state index in [4.69, 9.17) is 10.7 Å². The molecule has 1 fully saturated rings. The molecule has 19 heavy (non-hydrogen) atoms. The molecule has 0 radical (unpaired) electrons. The molecule has 0 saturated heterocycles. The van der Waals surface area contributed by atoms with E-state index in [9.17, 15) is 0 Å². The van der Waals surface area contributed by atoms with Crippen LogP contribution >= 0.6 is 11.3 Å². The summed E-state index contributed by atoms with van der Waals surface area (Å²) in [5, 5.41) is 5.55. The normalized spacial score (nSPS) is 16.4. The first-order valence-corrected chi connectivity index (χ1v) is 7.58. The van der Waals surface area contributed by atoms with E-state index in [1.165, 1.54) is 25.7 Å². The highest BCUT2D eigenvalue weighted by atomic mass is 32.1. The van der Waals surface area contributed by atoms with Crippen molar-refractivity contribution in [2.24, 2.45) is 12.8 Å². The van der Waals surface area contributed by atoms with E-state index in [2.05, 4.69) is 10.1 Å². The summed E-state index contributed by atoms with van der Waals surface area (Å²) in [6.45, 7) is 2.49. The van der Waals surface area contributed by atoms with Crippen molar-refractivity contribution in [3.05, 3.63) is 16.5 Å². The molecular weight excluding hydrogens is 258 g/mol. The van der Waals surface area contributed by atoms with Gasteiger partial charge in [0, 0.05) is 19.5 Å². The highest BCUT2D eigenvalue weighted by molar-refractivity contribution is 7.15. The van der Waals surface area contributed by atoms with Gasteiger partial charge in [0.15, 0.2) is 11.6 Å². The predicted molar refractivity (Wildman–Crippen MR) is 75.9 cm³/mol. The first-order valence-electron chi connectivity index (χ1n) is 6.76. The zero-order valence-electron chi connectivity index (χ0n) is 11.4. The molecule has 2 aromatic rings. The predicted octanol–water partition coefficient (Wildman–Crippen LogP) is 2.36. The summed E-state index contributed by atoms with van der Waals surface area (Å²) in [4.78, 5) is 10.3.